The highest BCUT2D eigenvalue weighted by atomic mass is 35.5. The summed E-state index contributed by atoms with van der Waals surface area (Å²) in [7, 11) is 0. The van der Waals surface area contributed by atoms with Gasteiger partial charge in [0.15, 0.2) is 12.0 Å². The summed E-state index contributed by atoms with van der Waals surface area (Å²) in [4.78, 5) is 17.3. The van der Waals surface area contributed by atoms with E-state index in [0.717, 1.165) is 30.3 Å². The van der Waals surface area contributed by atoms with Gasteiger partial charge in [-0.15, -0.1) is 0 Å². The van der Waals surface area contributed by atoms with E-state index >= 15 is 0 Å². The maximum absolute atomic E-state index is 13.3. The molecule has 32 heavy (non-hydrogen) atoms. The molecule has 2 aromatic heterocycles. The molecule has 3 aromatic rings. The lowest BCUT2D eigenvalue weighted by atomic mass is 10.1. The Balaban J connectivity index is 1.47. The Morgan fingerprint density at radius 2 is 1.91 bits per heavy atom. The van der Waals surface area contributed by atoms with E-state index in [1.165, 1.54) is 19.3 Å². The van der Waals surface area contributed by atoms with Crippen molar-refractivity contribution in [2.75, 3.05) is 18.0 Å². The minimum atomic E-state index is -0.679. The van der Waals surface area contributed by atoms with Crippen molar-refractivity contribution in [1.82, 2.24) is 4.90 Å². The van der Waals surface area contributed by atoms with Crippen molar-refractivity contribution in [2.24, 2.45) is 0 Å². The first-order valence-corrected chi connectivity index (χ1v) is 11.4. The van der Waals surface area contributed by atoms with E-state index in [0.29, 0.717) is 29.6 Å². The van der Waals surface area contributed by atoms with Crippen LogP contribution in [0.15, 0.2) is 57.6 Å². The lowest BCUT2D eigenvalue weighted by Gasteiger charge is -2.26. The van der Waals surface area contributed by atoms with Crippen LogP contribution in [0.4, 0.5) is 5.88 Å². The molecule has 1 atom stereocenters. The molecular weight excluding hydrogens is 428 g/mol. The summed E-state index contributed by atoms with van der Waals surface area (Å²) in [5.74, 6) is 2.77. The Labute approximate surface area is 193 Å². The molecule has 1 fully saturated rings. The standard InChI is InChI=1S/C25H29ClN2O4/c1-18-15-20(8-10-23(18)26)31-19(2)25(29)28(16-21-7-6-14-30-21)17-22-9-11-24(32-22)27-12-4-3-5-13-27/h6-11,14-15,19H,3-5,12-13,16-17H2,1-2H3. The quantitative estimate of drug-likeness (QED) is 0.427. The van der Waals surface area contributed by atoms with E-state index in [9.17, 15) is 4.79 Å². The van der Waals surface area contributed by atoms with E-state index in [1.54, 1.807) is 30.2 Å². The Morgan fingerprint density at radius 3 is 2.62 bits per heavy atom. The molecule has 0 radical (unpaired) electrons. The van der Waals surface area contributed by atoms with Gasteiger partial charge in [-0.25, -0.2) is 0 Å². The highest BCUT2D eigenvalue weighted by Gasteiger charge is 2.25. The van der Waals surface area contributed by atoms with Gasteiger partial charge in [-0.2, -0.15) is 0 Å². The van der Waals surface area contributed by atoms with Crippen LogP contribution in [0.3, 0.4) is 0 Å². The molecule has 1 aliphatic heterocycles. The van der Waals surface area contributed by atoms with Crippen LogP contribution < -0.4 is 9.64 Å². The second-order valence-electron chi connectivity index (χ2n) is 8.23. The fourth-order valence-electron chi connectivity index (χ4n) is 3.93. The third kappa shape index (κ3) is 5.49. The van der Waals surface area contributed by atoms with Gasteiger partial charge in [0.25, 0.3) is 5.91 Å². The number of hydrogen-bond donors (Lipinski definition) is 0. The maximum Gasteiger partial charge on any atom is 0.264 e. The summed E-state index contributed by atoms with van der Waals surface area (Å²) in [5, 5.41) is 0.665. The molecule has 0 spiro atoms. The number of nitrogens with zero attached hydrogens (tertiary/aromatic N) is 2. The molecule has 7 heteroatoms. The first-order chi connectivity index (χ1) is 15.5. The van der Waals surface area contributed by atoms with Crippen LogP contribution >= 0.6 is 11.6 Å². The van der Waals surface area contributed by atoms with Crippen LogP contribution in [0.5, 0.6) is 5.75 Å². The second kappa shape index (κ2) is 10.2. The average Bonchev–Trinajstić information content (AvgIpc) is 3.48. The third-order valence-corrected chi connectivity index (χ3v) is 6.11. The monoisotopic (exact) mass is 456 g/mol. The van der Waals surface area contributed by atoms with Crippen LogP contribution in [-0.4, -0.2) is 30.0 Å². The van der Waals surface area contributed by atoms with E-state index in [2.05, 4.69) is 4.90 Å². The number of aryl methyl sites for hydroxylation is 1. The van der Waals surface area contributed by atoms with Crippen molar-refractivity contribution >= 4 is 23.4 Å². The number of piperidine rings is 1. The lowest BCUT2D eigenvalue weighted by Crippen LogP contribution is -2.39. The first-order valence-electron chi connectivity index (χ1n) is 11.1. The number of halogens is 1. The molecule has 3 heterocycles. The average molecular weight is 457 g/mol. The van der Waals surface area contributed by atoms with Crippen molar-refractivity contribution in [3.8, 4) is 5.75 Å². The zero-order valence-corrected chi connectivity index (χ0v) is 19.3. The highest BCUT2D eigenvalue weighted by molar-refractivity contribution is 6.31. The maximum atomic E-state index is 13.3. The molecule has 0 saturated carbocycles. The first kappa shape index (κ1) is 22.3. The molecule has 1 aromatic carbocycles. The molecule has 6 nitrogen and oxygen atoms in total. The van der Waals surface area contributed by atoms with Gasteiger partial charge in [0.1, 0.15) is 17.3 Å². The minimum absolute atomic E-state index is 0.148. The lowest BCUT2D eigenvalue weighted by molar-refractivity contribution is -0.139. The molecule has 170 valence electrons. The molecule has 0 aliphatic carbocycles. The molecule has 4 rings (SSSR count). The van der Waals surface area contributed by atoms with E-state index < -0.39 is 6.10 Å². The van der Waals surface area contributed by atoms with Gasteiger partial charge in [-0.1, -0.05) is 11.6 Å². The summed E-state index contributed by atoms with van der Waals surface area (Å²) < 4.78 is 17.5. The zero-order valence-electron chi connectivity index (χ0n) is 18.6. The zero-order chi connectivity index (χ0) is 22.5. The molecular formula is C25H29ClN2O4. The van der Waals surface area contributed by atoms with Crippen molar-refractivity contribution in [3.63, 3.8) is 0 Å². The number of benzene rings is 1. The SMILES string of the molecule is Cc1cc(OC(C)C(=O)N(Cc2ccco2)Cc2ccc(N3CCCCC3)o2)ccc1Cl. The van der Waals surface area contributed by atoms with E-state index in [4.69, 9.17) is 25.2 Å². The fourth-order valence-corrected chi connectivity index (χ4v) is 4.05. The van der Waals surface area contributed by atoms with E-state index in [1.807, 2.05) is 37.3 Å². The van der Waals surface area contributed by atoms with Gasteiger partial charge in [0.05, 0.1) is 19.4 Å². The topological polar surface area (TPSA) is 59.1 Å². The summed E-state index contributed by atoms with van der Waals surface area (Å²) >= 11 is 6.10. The molecule has 1 amide bonds. The number of hydrogen-bond acceptors (Lipinski definition) is 5. The Kier molecular flexibility index (Phi) is 7.10. The van der Waals surface area contributed by atoms with Crippen LogP contribution in [0.1, 0.15) is 43.3 Å². The van der Waals surface area contributed by atoms with Crippen LogP contribution in [0.2, 0.25) is 5.02 Å². The van der Waals surface area contributed by atoms with Gasteiger partial charge in [0, 0.05) is 24.2 Å². The van der Waals surface area contributed by atoms with Crippen molar-refractivity contribution in [1.29, 1.82) is 0 Å². The predicted molar refractivity (Wildman–Crippen MR) is 124 cm³/mol. The van der Waals surface area contributed by atoms with Gasteiger partial charge in [0.2, 0.25) is 0 Å². The largest absolute Gasteiger partial charge is 0.481 e. The predicted octanol–water partition coefficient (Wildman–Crippen LogP) is 5.82. The fraction of sp³-hybridized carbons (Fsp3) is 0.400. The van der Waals surface area contributed by atoms with Crippen LogP contribution in [0, 0.1) is 6.92 Å². The summed E-state index contributed by atoms with van der Waals surface area (Å²) in [6, 6.07) is 13.0. The summed E-state index contributed by atoms with van der Waals surface area (Å²) in [6.45, 7) is 6.34. The van der Waals surface area contributed by atoms with Crippen molar-refractivity contribution in [2.45, 2.75) is 52.3 Å². The minimum Gasteiger partial charge on any atom is -0.481 e. The Hall–Kier alpha value is -2.86. The van der Waals surface area contributed by atoms with Crippen LogP contribution in [0.25, 0.3) is 0 Å². The number of anilines is 1. The smallest absolute Gasteiger partial charge is 0.264 e. The number of carbonyl (C=O) groups excluding carboxylic acids is 1. The number of rotatable bonds is 8. The van der Waals surface area contributed by atoms with E-state index in [-0.39, 0.29) is 5.91 Å². The Bertz CT molecular complexity index is 1020. The molecule has 1 unspecified atom stereocenters. The second-order valence-corrected chi connectivity index (χ2v) is 8.64. The number of amides is 1. The summed E-state index contributed by atoms with van der Waals surface area (Å²) in [5.41, 5.74) is 0.900. The number of furan rings is 2. The number of ether oxygens (including phenoxy) is 1. The normalized spacial score (nSPS) is 14.9. The van der Waals surface area contributed by atoms with Crippen molar-refractivity contribution in [3.05, 3.63) is 70.8 Å². The molecule has 0 bridgehead atoms. The molecule has 1 saturated heterocycles. The molecule has 0 N–H and O–H groups in total. The van der Waals surface area contributed by atoms with Gasteiger partial charge < -0.3 is 23.4 Å². The van der Waals surface area contributed by atoms with Gasteiger partial charge in [-0.05, 0) is 75.1 Å². The van der Waals surface area contributed by atoms with Gasteiger partial charge >= 0.3 is 0 Å². The Morgan fingerprint density at radius 1 is 1.12 bits per heavy atom. The van der Waals surface area contributed by atoms with Crippen LogP contribution in [-0.2, 0) is 17.9 Å². The van der Waals surface area contributed by atoms with Crippen molar-refractivity contribution < 1.29 is 18.4 Å². The number of carbonyl (C=O) groups is 1. The highest BCUT2D eigenvalue weighted by Crippen LogP contribution is 2.25. The summed E-state index contributed by atoms with van der Waals surface area (Å²) in [6.07, 6.45) is 4.55. The third-order valence-electron chi connectivity index (χ3n) is 5.69. The molecule has 1 aliphatic rings. The van der Waals surface area contributed by atoms with Gasteiger partial charge in [-0.3, -0.25) is 4.79 Å².